The summed E-state index contributed by atoms with van der Waals surface area (Å²) in [6, 6.07) is 12.3. The first-order chi connectivity index (χ1) is 13.8. The van der Waals surface area contributed by atoms with Crippen LogP contribution in [0.4, 0.5) is 0 Å². The first kappa shape index (κ1) is 22.9. The standard InChI is InChI=1S/C22H30N2O4S/c1-6-17-9-11-18(12-10-17)16(4)23-22(25)19-13-14-20(28-5)21(15-19)29(26,27)24(7-2)8-3/h9-16H,6-8H2,1-5H3,(H,23,25)/t16-/m1/s1. The molecule has 1 atom stereocenters. The maximum Gasteiger partial charge on any atom is 0.251 e. The number of amides is 1. The number of hydrogen-bond acceptors (Lipinski definition) is 4. The molecule has 0 aliphatic carbocycles. The number of sulfonamides is 1. The number of aryl methyl sites for hydroxylation is 1. The minimum Gasteiger partial charge on any atom is -0.495 e. The highest BCUT2D eigenvalue weighted by Gasteiger charge is 2.27. The Morgan fingerprint density at radius 2 is 1.69 bits per heavy atom. The third-order valence-electron chi connectivity index (χ3n) is 4.98. The molecule has 1 N–H and O–H groups in total. The van der Waals surface area contributed by atoms with Gasteiger partial charge in [0.05, 0.1) is 13.2 Å². The van der Waals surface area contributed by atoms with E-state index in [4.69, 9.17) is 4.74 Å². The van der Waals surface area contributed by atoms with Gasteiger partial charge in [0.25, 0.3) is 5.91 Å². The van der Waals surface area contributed by atoms with Crippen molar-refractivity contribution >= 4 is 15.9 Å². The molecule has 0 spiro atoms. The van der Waals surface area contributed by atoms with E-state index in [1.54, 1.807) is 19.9 Å². The summed E-state index contributed by atoms with van der Waals surface area (Å²) in [6.07, 6.45) is 0.955. The van der Waals surface area contributed by atoms with Crippen LogP contribution in [0.25, 0.3) is 0 Å². The van der Waals surface area contributed by atoms with E-state index in [1.807, 2.05) is 31.2 Å². The van der Waals surface area contributed by atoms with Gasteiger partial charge in [-0.1, -0.05) is 45.0 Å². The lowest BCUT2D eigenvalue weighted by molar-refractivity contribution is 0.0939. The van der Waals surface area contributed by atoms with Gasteiger partial charge < -0.3 is 10.1 Å². The molecule has 2 aromatic rings. The number of methoxy groups -OCH3 is 1. The summed E-state index contributed by atoms with van der Waals surface area (Å²) in [6.45, 7) is 8.21. The number of benzene rings is 2. The Morgan fingerprint density at radius 1 is 1.07 bits per heavy atom. The first-order valence-corrected chi connectivity index (χ1v) is 11.3. The van der Waals surface area contributed by atoms with Crippen molar-refractivity contribution in [1.29, 1.82) is 0 Å². The zero-order valence-electron chi connectivity index (χ0n) is 17.7. The number of rotatable bonds is 9. The summed E-state index contributed by atoms with van der Waals surface area (Å²) in [5, 5.41) is 2.94. The Bertz CT molecular complexity index is 936. The van der Waals surface area contributed by atoms with Crippen LogP contribution in [0.15, 0.2) is 47.4 Å². The van der Waals surface area contributed by atoms with Gasteiger partial charge in [0.15, 0.2) is 0 Å². The van der Waals surface area contributed by atoms with Gasteiger partial charge in [-0.05, 0) is 42.7 Å². The SMILES string of the molecule is CCc1ccc([C@@H](C)NC(=O)c2ccc(OC)c(S(=O)(=O)N(CC)CC)c2)cc1. The molecule has 0 fully saturated rings. The highest BCUT2D eigenvalue weighted by molar-refractivity contribution is 7.89. The number of nitrogens with one attached hydrogen (secondary N) is 1. The van der Waals surface area contributed by atoms with Crippen LogP contribution in [0.1, 0.15) is 55.2 Å². The molecule has 0 aromatic heterocycles. The van der Waals surface area contributed by atoms with Crippen LogP contribution >= 0.6 is 0 Å². The third kappa shape index (κ3) is 5.16. The van der Waals surface area contributed by atoms with Crippen molar-refractivity contribution in [2.24, 2.45) is 0 Å². The average molecular weight is 419 g/mol. The molecule has 0 saturated carbocycles. The molecule has 0 aliphatic heterocycles. The molecular formula is C22H30N2O4S. The van der Waals surface area contributed by atoms with Crippen LogP contribution in [0, 0.1) is 0 Å². The molecule has 2 rings (SSSR count). The van der Waals surface area contributed by atoms with E-state index in [9.17, 15) is 13.2 Å². The van der Waals surface area contributed by atoms with Crippen molar-refractivity contribution < 1.29 is 17.9 Å². The lowest BCUT2D eigenvalue weighted by Gasteiger charge is -2.21. The molecule has 0 aliphatic rings. The molecule has 0 unspecified atom stereocenters. The van der Waals surface area contributed by atoms with Gasteiger partial charge in [-0.2, -0.15) is 4.31 Å². The molecular weight excluding hydrogens is 388 g/mol. The van der Waals surface area contributed by atoms with Crippen LogP contribution in [-0.2, 0) is 16.4 Å². The number of nitrogens with zero attached hydrogens (tertiary/aromatic N) is 1. The fourth-order valence-electron chi connectivity index (χ4n) is 3.13. The highest BCUT2D eigenvalue weighted by atomic mass is 32.2. The zero-order chi connectivity index (χ0) is 21.6. The lowest BCUT2D eigenvalue weighted by atomic mass is 10.0. The summed E-state index contributed by atoms with van der Waals surface area (Å²) >= 11 is 0. The van der Waals surface area contributed by atoms with E-state index >= 15 is 0 Å². The van der Waals surface area contributed by atoms with Crippen molar-refractivity contribution in [3.05, 3.63) is 59.2 Å². The van der Waals surface area contributed by atoms with Crippen LogP contribution in [0.2, 0.25) is 0 Å². The van der Waals surface area contributed by atoms with Crippen LogP contribution in [-0.4, -0.2) is 38.8 Å². The van der Waals surface area contributed by atoms with Crippen molar-refractivity contribution in [2.45, 2.75) is 45.1 Å². The molecule has 0 heterocycles. The fourth-order valence-corrected chi connectivity index (χ4v) is 4.77. The second-order valence-corrected chi connectivity index (χ2v) is 8.65. The van der Waals surface area contributed by atoms with Crippen molar-refractivity contribution in [1.82, 2.24) is 9.62 Å². The minimum absolute atomic E-state index is 0.00342. The molecule has 7 heteroatoms. The molecule has 6 nitrogen and oxygen atoms in total. The predicted octanol–water partition coefficient (Wildman–Crippen LogP) is 3.78. The molecule has 0 radical (unpaired) electrons. The number of hydrogen-bond donors (Lipinski definition) is 1. The summed E-state index contributed by atoms with van der Waals surface area (Å²) in [5.74, 6) is -0.118. The maximum absolute atomic E-state index is 13.0. The minimum atomic E-state index is -3.76. The van der Waals surface area contributed by atoms with E-state index in [2.05, 4.69) is 12.2 Å². The predicted molar refractivity (Wildman–Crippen MR) is 115 cm³/mol. The highest BCUT2D eigenvalue weighted by Crippen LogP contribution is 2.28. The second kappa shape index (κ2) is 9.89. The summed E-state index contributed by atoms with van der Waals surface area (Å²) in [5.41, 5.74) is 2.49. The summed E-state index contributed by atoms with van der Waals surface area (Å²) in [7, 11) is -2.34. The normalized spacial score (nSPS) is 12.6. The largest absolute Gasteiger partial charge is 0.495 e. The molecule has 2 aromatic carbocycles. The zero-order valence-corrected chi connectivity index (χ0v) is 18.5. The molecule has 29 heavy (non-hydrogen) atoms. The van der Waals surface area contributed by atoms with Crippen molar-refractivity contribution in [3.63, 3.8) is 0 Å². The molecule has 0 bridgehead atoms. The number of carbonyl (C=O) groups is 1. The van der Waals surface area contributed by atoms with Gasteiger partial charge in [0.1, 0.15) is 10.6 Å². The van der Waals surface area contributed by atoms with Crippen LogP contribution in [0.3, 0.4) is 0 Å². The first-order valence-electron chi connectivity index (χ1n) is 9.86. The summed E-state index contributed by atoms with van der Waals surface area (Å²) in [4.78, 5) is 12.8. The summed E-state index contributed by atoms with van der Waals surface area (Å²) < 4.78 is 32.5. The fraction of sp³-hybridized carbons (Fsp3) is 0.409. The van der Waals surface area contributed by atoms with E-state index in [0.717, 1.165) is 12.0 Å². The van der Waals surface area contributed by atoms with E-state index in [1.165, 1.54) is 29.1 Å². The van der Waals surface area contributed by atoms with Crippen molar-refractivity contribution in [3.8, 4) is 5.75 Å². The smallest absolute Gasteiger partial charge is 0.251 e. The Hall–Kier alpha value is -2.38. The van der Waals surface area contributed by atoms with E-state index in [-0.39, 0.29) is 28.2 Å². The Labute approximate surface area is 173 Å². The third-order valence-corrected chi connectivity index (χ3v) is 7.06. The Balaban J connectivity index is 2.31. The van der Waals surface area contributed by atoms with Gasteiger partial charge in [-0.25, -0.2) is 8.42 Å². The monoisotopic (exact) mass is 418 g/mol. The molecule has 158 valence electrons. The van der Waals surface area contributed by atoms with Crippen LogP contribution in [0.5, 0.6) is 5.75 Å². The van der Waals surface area contributed by atoms with E-state index in [0.29, 0.717) is 13.1 Å². The quantitative estimate of drug-likeness (QED) is 0.672. The van der Waals surface area contributed by atoms with E-state index < -0.39 is 10.0 Å². The van der Waals surface area contributed by atoms with Gasteiger partial charge in [0, 0.05) is 18.7 Å². The van der Waals surface area contributed by atoms with Gasteiger partial charge >= 0.3 is 0 Å². The van der Waals surface area contributed by atoms with Crippen LogP contribution < -0.4 is 10.1 Å². The second-order valence-electron chi connectivity index (χ2n) is 6.75. The Kier molecular flexibility index (Phi) is 7.81. The molecule has 0 saturated heterocycles. The topological polar surface area (TPSA) is 75.7 Å². The van der Waals surface area contributed by atoms with Gasteiger partial charge in [-0.3, -0.25) is 4.79 Å². The number of ether oxygens (including phenoxy) is 1. The van der Waals surface area contributed by atoms with Crippen molar-refractivity contribution in [2.75, 3.05) is 20.2 Å². The number of carbonyl (C=O) groups excluding carboxylic acids is 1. The van der Waals surface area contributed by atoms with Gasteiger partial charge in [-0.15, -0.1) is 0 Å². The van der Waals surface area contributed by atoms with Gasteiger partial charge in [0.2, 0.25) is 10.0 Å². The lowest BCUT2D eigenvalue weighted by Crippen LogP contribution is -2.31. The average Bonchev–Trinajstić information content (AvgIpc) is 2.73. The molecule has 1 amide bonds. The Morgan fingerprint density at radius 3 is 2.21 bits per heavy atom. The maximum atomic E-state index is 13.0.